The van der Waals surface area contributed by atoms with Crippen LogP contribution < -0.4 is 5.32 Å². The van der Waals surface area contributed by atoms with Gasteiger partial charge in [0.25, 0.3) is 10.1 Å². The van der Waals surface area contributed by atoms with Crippen LogP contribution >= 0.6 is 0 Å². The van der Waals surface area contributed by atoms with Crippen molar-refractivity contribution in [1.29, 1.82) is 0 Å². The molecule has 0 bridgehead atoms. The Hall–Kier alpha value is -0.660. The predicted octanol–water partition coefficient (Wildman–Crippen LogP) is 4.43. The molecular weight excluding hydrogens is 438 g/mol. The lowest BCUT2D eigenvalue weighted by Crippen LogP contribution is -2.57. The Kier molecular flexibility index (Phi) is 7.26. The molecule has 4 rings (SSSR count). The van der Waals surface area contributed by atoms with Crippen LogP contribution in [0.2, 0.25) is 0 Å². The Morgan fingerprint density at radius 3 is 2.52 bits per heavy atom. The summed E-state index contributed by atoms with van der Waals surface area (Å²) in [7, 11) is -4.05. The molecule has 4 aliphatic carbocycles. The lowest BCUT2D eigenvalue weighted by atomic mass is 9.44. The summed E-state index contributed by atoms with van der Waals surface area (Å²) in [5.74, 6) is 2.77. The molecule has 33 heavy (non-hydrogen) atoms. The van der Waals surface area contributed by atoms with Crippen molar-refractivity contribution in [2.45, 2.75) is 97.5 Å². The van der Waals surface area contributed by atoms with Crippen LogP contribution in [-0.4, -0.2) is 42.4 Å². The molecule has 0 aromatic rings. The molecule has 4 fully saturated rings. The van der Waals surface area contributed by atoms with Gasteiger partial charge in [-0.2, -0.15) is 8.42 Å². The van der Waals surface area contributed by atoms with Gasteiger partial charge in [0.15, 0.2) is 0 Å². The summed E-state index contributed by atoms with van der Waals surface area (Å²) in [6.07, 6.45) is 12.2. The highest BCUT2D eigenvalue weighted by atomic mass is 32.2. The molecule has 0 spiro atoms. The molecule has 4 saturated carbocycles. The summed E-state index contributed by atoms with van der Waals surface area (Å²) >= 11 is 0. The number of nitrogens with one attached hydrogen (secondary N) is 1. The number of carbonyl (C=O) groups is 1. The first-order valence-electron chi connectivity index (χ1n) is 13.4. The highest BCUT2D eigenvalue weighted by Crippen LogP contribution is 2.68. The molecule has 0 aromatic heterocycles. The van der Waals surface area contributed by atoms with Crippen molar-refractivity contribution < 1.29 is 22.9 Å². The maximum atomic E-state index is 12.2. The van der Waals surface area contributed by atoms with E-state index in [-0.39, 0.29) is 24.0 Å². The first-order valence-corrected chi connectivity index (χ1v) is 15.0. The van der Waals surface area contributed by atoms with Crippen LogP contribution in [0, 0.1) is 46.3 Å². The van der Waals surface area contributed by atoms with Crippen molar-refractivity contribution >= 4 is 16.0 Å². The minimum absolute atomic E-state index is 0.0457. The van der Waals surface area contributed by atoms with Gasteiger partial charge in [-0.1, -0.05) is 33.6 Å². The minimum Gasteiger partial charge on any atom is -0.393 e. The fraction of sp³-hybridized carbons (Fsp3) is 0.962. The number of rotatable bonds is 7. The molecule has 190 valence electrons. The van der Waals surface area contributed by atoms with Crippen LogP contribution in [-0.2, 0) is 14.9 Å². The van der Waals surface area contributed by atoms with Crippen LogP contribution in [0.1, 0.15) is 91.4 Å². The van der Waals surface area contributed by atoms with Crippen molar-refractivity contribution in [3.05, 3.63) is 0 Å². The lowest BCUT2D eigenvalue weighted by Gasteiger charge is -2.62. The Morgan fingerprint density at radius 2 is 1.79 bits per heavy atom. The smallest absolute Gasteiger partial charge is 0.266 e. The molecule has 0 saturated heterocycles. The molecule has 0 radical (unpaired) electrons. The van der Waals surface area contributed by atoms with Gasteiger partial charge >= 0.3 is 0 Å². The van der Waals surface area contributed by atoms with E-state index >= 15 is 0 Å². The monoisotopic (exact) mass is 483 g/mol. The van der Waals surface area contributed by atoms with Crippen molar-refractivity contribution in [2.24, 2.45) is 46.3 Å². The van der Waals surface area contributed by atoms with E-state index in [4.69, 9.17) is 4.55 Å². The van der Waals surface area contributed by atoms with E-state index in [0.717, 1.165) is 12.8 Å². The lowest BCUT2D eigenvalue weighted by molar-refractivity contribution is -0.164. The quantitative estimate of drug-likeness (QED) is 0.465. The number of fused-ring (bicyclic) bond motifs is 5. The summed E-state index contributed by atoms with van der Waals surface area (Å²) < 4.78 is 30.5. The summed E-state index contributed by atoms with van der Waals surface area (Å²) in [6, 6.07) is 0. The fourth-order valence-electron chi connectivity index (χ4n) is 9.20. The summed E-state index contributed by atoms with van der Waals surface area (Å²) in [5, 5.41) is 14.0. The van der Waals surface area contributed by atoms with E-state index in [1.165, 1.54) is 51.4 Å². The van der Waals surface area contributed by atoms with Gasteiger partial charge in [-0.3, -0.25) is 9.35 Å². The Balaban J connectivity index is 1.38. The molecule has 3 N–H and O–H groups in total. The first kappa shape index (κ1) is 25.4. The van der Waals surface area contributed by atoms with Gasteiger partial charge in [0, 0.05) is 13.0 Å². The first-order chi connectivity index (χ1) is 15.5. The van der Waals surface area contributed by atoms with Crippen LogP contribution in [0.25, 0.3) is 0 Å². The number of hydrogen-bond acceptors (Lipinski definition) is 4. The zero-order valence-electron chi connectivity index (χ0n) is 20.8. The minimum atomic E-state index is -4.05. The van der Waals surface area contributed by atoms with E-state index in [9.17, 15) is 18.3 Å². The average molecular weight is 484 g/mol. The molecular formula is C26H45NO5S. The Bertz CT molecular complexity index is 831. The van der Waals surface area contributed by atoms with Crippen LogP contribution in [0.5, 0.6) is 0 Å². The zero-order chi connectivity index (χ0) is 24.0. The number of hydrogen-bond donors (Lipinski definition) is 3. The molecule has 0 heterocycles. The molecule has 6 nitrogen and oxygen atoms in total. The normalized spacial score (nSPS) is 43.8. The molecule has 3 unspecified atom stereocenters. The SMILES string of the molecule is C[C@@H](CCC(=O)NCCS(=O)(=O)O)[C@H]1CCC2[C@H]3C(CC[C@@]21C)[C@@]1(C)CCCCC1C[C@@H]3O. The van der Waals surface area contributed by atoms with E-state index in [0.29, 0.717) is 47.3 Å². The molecule has 1 amide bonds. The topological polar surface area (TPSA) is 104 Å². The van der Waals surface area contributed by atoms with Gasteiger partial charge in [0.2, 0.25) is 5.91 Å². The molecule has 4 aliphatic rings. The van der Waals surface area contributed by atoms with E-state index in [1.54, 1.807) is 0 Å². The molecule has 9 atom stereocenters. The molecule has 7 heteroatoms. The van der Waals surface area contributed by atoms with Gasteiger partial charge < -0.3 is 10.4 Å². The summed E-state index contributed by atoms with van der Waals surface area (Å²) in [6.45, 7) is 7.23. The van der Waals surface area contributed by atoms with Crippen LogP contribution in [0.3, 0.4) is 0 Å². The third-order valence-corrected chi connectivity index (χ3v) is 11.6. The second-order valence-corrected chi connectivity index (χ2v) is 14.0. The van der Waals surface area contributed by atoms with Crippen molar-refractivity contribution in [2.75, 3.05) is 12.3 Å². The van der Waals surface area contributed by atoms with Gasteiger partial charge in [0.1, 0.15) is 0 Å². The zero-order valence-corrected chi connectivity index (χ0v) is 21.6. The summed E-state index contributed by atoms with van der Waals surface area (Å²) in [5.41, 5.74) is 0.647. The van der Waals surface area contributed by atoms with Crippen molar-refractivity contribution in [3.63, 3.8) is 0 Å². The van der Waals surface area contributed by atoms with E-state index < -0.39 is 15.9 Å². The van der Waals surface area contributed by atoms with E-state index in [2.05, 4.69) is 26.1 Å². The van der Waals surface area contributed by atoms with Crippen molar-refractivity contribution in [3.8, 4) is 0 Å². The Labute approximate surface area is 200 Å². The third kappa shape index (κ3) is 4.88. The van der Waals surface area contributed by atoms with E-state index in [1.807, 2.05) is 0 Å². The second kappa shape index (κ2) is 9.42. The van der Waals surface area contributed by atoms with Crippen LogP contribution in [0.15, 0.2) is 0 Å². The van der Waals surface area contributed by atoms with Crippen LogP contribution in [0.4, 0.5) is 0 Å². The fourth-order valence-corrected chi connectivity index (χ4v) is 9.56. The number of aliphatic hydroxyl groups excluding tert-OH is 1. The second-order valence-electron chi connectivity index (χ2n) is 12.4. The van der Waals surface area contributed by atoms with Gasteiger partial charge in [0.05, 0.1) is 11.9 Å². The van der Waals surface area contributed by atoms with Gasteiger partial charge in [-0.05, 0) is 97.7 Å². The predicted molar refractivity (Wildman–Crippen MR) is 129 cm³/mol. The maximum Gasteiger partial charge on any atom is 0.266 e. The number of carbonyl (C=O) groups excluding carboxylic acids is 1. The standard InChI is InChI=1S/C26H45NO5S/c1-17(7-10-23(29)27-14-15-33(30,31)32)19-8-9-20-24-21(11-13-26(19,20)3)25(2)12-5-4-6-18(25)16-22(24)28/h17-22,24,28H,4-16H2,1-3H3,(H,27,29)(H,30,31,32)/t17-,18?,19+,20?,21?,22-,24-,25-,26+/m0/s1. The number of amides is 1. The van der Waals surface area contributed by atoms with Gasteiger partial charge in [-0.15, -0.1) is 0 Å². The maximum absolute atomic E-state index is 12.2. The molecule has 0 aromatic carbocycles. The molecule has 0 aliphatic heterocycles. The largest absolute Gasteiger partial charge is 0.393 e. The highest BCUT2D eigenvalue weighted by Gasteiger charge is 2.62. The highest BCUT2D eigenvalue weighted by molar-refractivity contribution is 7.85. The third-order valence-electron chi connectivity index (χ3n) is 10.9. The van der Waals surface area contributed by atoms with Gasteiger partial charge in [-0.25, -0.2) is 0 Å². The number of aliphatic hydroxyl groups is 1. The summed E-state index contributed by atoms with van der Waals surface area (Å²) in [4.78, 5) is 12.2. The van der Waals surface area contributed by atoms with Crippen molar-refractivity contribution in [1.82, 2.24) is 5.32 Å². The average Bonchev–Trinajstić information content (AvgIpc) is 3.08. The Morgan fingerprint density at radius 1 is 1.06 bits per heavy atom.